The van der Waals surface area contributed by atoms with E-state index in [-0.39, 0.29) is 18.0 Å². The molecule has 1 saturated heterocycles. The molecular weight excluding hydrogens is 318 g/mol. The number of carbonyl (C=O) groups excluding carboxylic acids is 1. The fourth-order valence-corrected chi connectivity index (χ4v) is 3.43. The van der Waals surface area contributed by atoms with Crippen LogP contribution in [0.5, 0.6) is 0 Å². The van der Waals surface area contributed by atoms with Crippen molar-refractivity contribution in [3.8, 4) is 5.95 Å². The third-order valence-electron chi connectivity index (χ3n) is 4.75. The fourth-order valence-electron chi connectivity index (χ4n) is 3.43. The summed E-state index contributed by atoms with van der Waals surface area (Å²) in [5.41, 5.74) is 2.93. The molecule has 7 heteroatoms. The van der Waals surface area contributed by atoms with Gasteiger partial charge in [-0.3, -0.25) is 14.2 Å². The summed E-state index contributed by atoms with van der Waals surface area (Å²) < 4.78 is 3.13. The highest BCUT2D eigenvalue weighted by Crippen LogP contribution is 2.13. The normalized spacial score (nSPS) is 14.3. The first-order chi connectivity index (χ1) is 11.9. The van der Waals surface area contributed by atoms with Crippen LogP contribution in [0.4, 0.5) is 0 Å². The molecule has 3 heterocycles. The van der Waals surface area contributed by atoms with Crippen molar-refractivity contribution >= 4 is 5.91 Å². The lowest BCUT2D eigenvalue weighted by Gasteiger charge is -2.19. The third-order valence-corrected chi connectivity index (χ3v) is 4.75. The molecule has 1 amide bonds. The summed E-state index contributed by atoms with van der Waals surface area (Å²) in [5.74, 6) is 0.382. The smallest absolute Gasteiger partial charge is 0.258 e. The van der Waals surface area contributed by atoms with E-state index in [4.69, 9.17) is 0 Å². The molecule has 0 saturated carbocycles. The van der Waals surface area contributed by atoms with Crippen molar-refractivity contribution in [3.63, 3.8) is 0 Å². The van der Waals surface area contributed by atoms with Gasteiger partial charge in [0.15, 0.2) is 0 Å². The van der Waals surface area contributed by atoms with Crippen LogP contribution in [0.1, 0.15) is 42.4 Å². The maximum atomic E-state index is 13.0. The first kappa shape index (κ1) is 17.4. The van der Waals surface area contributed by atoms with Gasteiger partial charge in [-0.2, -0.15) is 5.10 Å². The van der Waals surface area contributed by atoms with Gasteiger partial charge in [-0.25, -0.2) is 9.67 Å². The number of rotatable bonds is 4. The van der Waals surface area contributed by atoms with E-state index in [2.05, 4.69) is 10.1 Å². The molecule has 1 aliphatic rings. The molecular formula is C18H25N5O2. The minimum absolute atomic E-state index is 0.00674. The number of nitrogens with zero attached hydrogens (tertiary/aromatic N) is 5. The van der Waals surface area contributed by atoms with Gasteiger partial charge in [0, 0.05) is 24.3 Å². The Kier molecular flexibility index (Phi) is 4.74. The van der Waals surface area contributed by atoms with Gasteiger partial charge in [0.05, 0.1) is 11.4 Å². The molecule has 0 radical (unpaired) electrons. The zero-order chi connectivity index (χ0) is 18.1. The Balaban J connectivity index is 2.11. The molecule has 0 N–H and O–H groups in total. The first-order valence-electron chi connectivity index (χ1n) is 8.84. The lowest BCUT2D eigenvalue weighted by atomic mass is 10.2. The van der Waals surface area contributed by atoms with Crippen LogP contribution in [-0.4, -0.2) is 43.2 Å². The number of hydrogen-bond donors (Lipinski definition) is 0. The van der Waals surface area contributed by atoms with Gasteiger partial charge in [0.1, 0.15) is 6.54 Å². The quantitative estimate of drug-likeness (QED) is 0.844. The Labute approximate surface area is 147 Å². The van der Waals surface area contributed by atoms with Gasteiger partial charge in [-0.1, -0.05) is 6.92 Å². The van der Waals surface area contributed by atoms with Crippen molar-refractivity contribution in [3.05, 3.63) is 39.1 Å². The van der Waals surface area contributed by atoms with Gasteiger partial charge < -0.3 is 4.90 Å². The predicted octanol–water partition coefficient (Wildman–Crippen LogP) is 1.54. The summed E-state index contributed by atoms with van der Waals surface area (Å²) in [6.45, 7) is 9.12. The van der Waals surface area contributed by atoms with E-state index in [0.717, 1.165) is 37.3 Å². The van der Waals surface area contributed by atoms with Crippen LogP contribution >= 0.6 is 0 Å². The monoisotopic (exact) mass is 343 g/mol. The second-order valence-corrected chi connectivity index (χ2v) is 6.65. The van der Waals surface area contributed by atoms with Gasteiger partial charge in [-0.05, 0) is 46.1 Å². The number of amides is 1. The topological polar surface area (TPSA) is 73.0 Å². The van der Waals surface area contributed by atoms with E-state index in [1.54, 1.807) is 4.68 Å². The minimum Gasteiger partial charge on any atom is -0.341 e. The van der Waals surface area contributed by atoms with Crippen molar-refractivity contribution in [2.24, 2.45) is 0 Å². The first-order valence-corrected chi connectivity index (χ1v) is 8.84. The molecule has 0 spiro atoms. The molecule has 7 nitrogen and oxygen atoms in total. The van der Waals surface area contributed by atoms with Gasteiger partial charge in [0.2, 0.25) is 11.9 Å². The molecule has 3 rings (SSSR count). The van der Waals surface area contributed by atoms with Crippen molar-refractivity contribution in [1.82, 2.24) is 24.2 Å². The number of aryl methyl sites for hydroxylation is 3. The van der Waals surface area contributed by atoms with Crippen molar-refractivity contribution < 1.29 is 4.79 Å². The Morgan fingerprint density at radius 1 is 1.20 bits per heavy atom. The third kappa shape index (κ3) is 3.23. The lowest BCUT2D eigenvalue weighted by molar-refractivity contribution is -0.130. The molecule has 0 bridgehead atoms. The van der Waals surface area contributed by atoms with Crippen molar-refractivity contribution in [1.29, 1.82) is 0 Å². The highest BCUT2D eigenvalue weighted by Gasteiger charge is 2.23. The van der Waals surface area contributed by atoms with Crippen LogP contribution in [0, 0.1) is 20.8 Å². The van der Waals surface area contributed by atoms with Gasteiger partial charge >= 0.3 is 0 Å². The molecule has 25 heavy (non-hydrogen) atoms. The summed E-state index contributed by atoms with van der Waals surface area (Å²) in [6, 6.07) is 1.93. The Bertz CT molecular complexity index is 859. The minimum atomic E-state index is -0.148. The summed E-state index contributed by atoms with van der Waals surface area (Å²) in [6.07, 6.45) is 2.64. The summed E-state index contributed by atoms with van der Waals surface area (Å²) in [7, 11) is 0. The van der Waals surface area contributed by atoms with E-state index in [0.29, 0.717) is 23.6 Å². The fraction of sp³-hybridized carbons (Fsp3) is 0.556. The van der Waals surface area contributed by atoms with E-state index in [1.807, 2.05) is 38.7 Å². The summed E-state index contributed by atoms with van der Waals surface area (Å²) >= 11 is 0. The lowest BCUT2D eigenvalue weighted by Crippen LogP contribution is -2.38. The highest BCUT2D eigenvalue weighted by atomic mass is 16.2. The Morgan fingerprint density at radius 3 is 2.44 bits per heavy atom. The molecule has 2 aromatic rings. The average molecular weight is 343 g/mol. The van der Waals surface area contributed by atoms with Crippen LogP contribution in [-0.2, 0) is 17.8 Å². The van der Waals surface area contributed by atoms with E-state index in [9.17, 15) is 9.59 Å². The molecule has 0 unspecified atom stereocenters. The zero-order valence-corrected chi connectivity index (χ0v) is 15.4. The van der Waals surface area contributed by atoms with Crippen molar-refractivity contribution in [2.75, 3.05) is 13.1 Å². The maximum Gasteiger partial charge on any atom is 0.258 e. The molecule has 0 aliphatic carbocycles. The average Bonchev–Trinajstić information content (AvgIpc) is 3.20. The van der Waals surface area contributed by atoms with Gasteiger partial charge in [0.25, 0.3) is 5.56 Å². The van der Waals surface area contributed by atoms with Crippen LogP contribution in [0.15, 0.2) is 10.9 Å². The van der Waals surface area contributed by atoms with Gasteiger partial charge in [-0.15, -0.1) is 0 Å². The molecule has 1 fully saturated rings. The van der Waals surface area contributed by atoms with Crippen LogP contribution in [0.3, 0.4) is 0 Å². The molecule has 0 aromatic carbocycles. The second-order valence-electron chi connectivity index (χ2n) is 6.65. The summed E-state index contributed by atoms with van der Waals surface area (Å²) in [5, 5.41) is 4.45. The molecule has 0 atom stereocenters. The Hall–Kier alpha value is -2.44. The van der Waals surface area contributed by atoms with Crippen LogP contribution in [0.25, 0.3) is 5.95 Å². The van der Waals surface area contributed by atoms with E-state index < -0.39 is 0 Å². The number of aromatic nitrogens is 4. The number of likely N-dealkylation sites (tertiary alicyclic amines) is 1. The van der Waals surface area contributed by atoms with Crippen molar-refractivity contribution in [2.45, 2.75) is 53.5 Å². The molecule has 134 valence electrons. The van der Waals surface area contributed by atoms with E-state index in [1.165, 1.54) is 4.57 Å². The maximum absolute atomic E-state index is 13.0. The zero-order valence-electron chi connectivity index (χ0n) is 15.4. The highest BCUT2D eigenvalue weighted by molar-refractivity contribution is 5.76. The summed E-state index contributed by atoms with van der Waals surface area (Å²) in [4.78, 5) is 32.1. The second kappa shape index (κ2) is 6.82. The van der Waals surface area contributed by atoms with Crippen LogP contribution < -0.4 is 5.56 Å². The SMILES string of the molecule is CCc1c(C)nc(-n2nc(C)cc2C)n(CC(=O)N2CCCC2)c1=O. The molecule has 2 aromatic heterocycles. The Morgan fingerprint density at radius 2 is 1.88 bits per heavy atom. The largest absolute Gasteiger partial charge is 0.341 e. The predicted molar refractivity (Wildman–Crippen MR) is 95.0 cm³/mol. The molecule has 1 aliphatic heterocycles. The van der Waals surface area contributed by atoms with Crippen LogP contribution in [0.2, 0.25) is 0 Å². The number of hydrogen-bond acceptors (Lipinski definition) is 4. The number of carbonyl (C=O) groups is 1. The van der Waals surface area contributed by atoms with E-state index >= 15 is 0 Å². The standard InChI is InChI=1S/C18H25N5O2/c1-5-15-14(4)19-18(23-13(3)10-12(2)20-23)22(17(15)25)11-16(24)21-8-6-7-9-21/h10H,5-9,11H2,1-4H3.